The molecule has 92 valence electrons. The third kappa shape index (κ3) is 2.50. The van der Waals surface area contributed by atoms with E-state index in [1.807, 2.05) is 11.8 Å². The largest absolute Gasteiger partial charge is 0.330 e. The molecule has 0 unspecified atom stereocenters. The quantitative estimate of drug-likeness (QED) is 0.861. The molecule has 1 amide bonds. The monoisotopic (exact) mass is 232 g/mol. The molecule has 2 rings (SSSR count). The first kappa shape index (κ1) is 12.1. The Bertz CT molecular complexity index is 415. The molecule has 0 radical (unpaired) electrons. The summed E-state index contributed by atoms with van der Waals surface area (Å²) in [5.74, 6) is 0.248. The first-order chi connectivity index (χ1) is 8.26. The maximum atomic E-state index is 11.9. The fourth-order valence-electron chi connectivity index (χ4n) is 2.39. The Morgan fingerprint density at radius 2 is 2.29 bits per heavy atom. The van der Waals surface area contributed by atoms with Crippen LogP contribution in [0.15, 0.2) is 18.2 Å². The van der Waals surface area contributed by atoms with Gasteiger partial charge in [0.15, 0.2) is 0 Å². The third-order valence-corrected chi connectivity index (χ3v) is 3.24. The predicted octanol–water partition coefficient (Wildman–Crippen LogP) is 1.88. The average molecular weight is 232 g/mol. The number of amides is 1. The van der Waals surface area contributed by atoms with Gasteiger partial charge in [-0.05, 0) is 43.0 Å². The van der Waals surface area contributed by atoms with Crippen molar-refractivity contribution >= 4 is 11.6 Å². The van der Waals surface area contributed by atoms with Crippen LogP contribution < -0.4 is 10.6 Å². The fourth-order valence-corrected chi connectivity index (χ4v) is 2.39. The molecule has 1 aliphatic heterocycles. The van der Waals surface area contributed by atoms with E-state index in [4.69, 9.17) is 5.73 Å². The lowest BCUT2D eigenvalue weighted by Gasteiger charge is -2.17. The molecule has 1 heterocycles. The van der Waals surface area contributed by atoms with Crippen LogP contribution in [-0.4, -0.2) is 19.0 Å². The van der Waals surface area contributed by atoms with Gasteiger partial charge in [0.1, 0.15) is 0 Å². The lowest BCUT2D eigenvalue weighted by Crippen LogP contribution is -2.28. The smallest absolute Gasteiger partial charge is 0.226 e. The lowest BCUT2D eigenvalue weighted by atomic mass is 10.1. The molecule has 0 atom stereocenters. The fraction of sp³-hybridized carbons (Fsp3) is 0.500. The van der Waals surface area contributed by atoms with Crippen LogP contribution in [0.5, 0.6) is 0 Å². The summed E-state index contributed by atoms with van der Waals surface area (Å²) in [7, 11) is 0. The van der Waals surface area contributed by atoms with Crippen LogP contribution in [0, 0.1) is 0 Å². The van der Waals surface area contributed by atoms with Crippen molar-refractivity contribution in [3.8, 4) is 0 Å². The van der Waals surface area contributed by atoms with Crippen LogP contribution in [0.3, 0.4) is 0 Å². The summed E-state index contributed by atoms with van der Waals surface area (Å²) in [6, 6.07) is 6.35. The van der Waals surface area contributed by atoms with Gasteiger partial charge in [-0.3, -0.25) is 4.79 Å². The second-order valence-electron chi connectivity index (χ2n) is 4.55. The molecule has 0 aromatic heterocycles. The average Bonchev–Trinajstić information content (AvgIpc) is 2.73. The number of fused-ring (bicyclic) bond motifs is 1. The minimum Gasteiger partial charge on any atom is -0.330 e. The number of rotatable bonds is 4. The molecule has 0 saturated heterocycles. The third-order valence-electron chi connectivity index (χ3n) is 3.24. The molecule has 1 aromatic rings. The predicted molar refractivity (Wildman–Crippen MR) is 70.2 cm³/mol. The zero-order chi connectivity index (χ0) is 12.3. The molecule has 0 saturated carbocycles. The van der Waals surface area contributed by atoms with E-state index in [0.29, 0.717) is 13.0 Å². The van der Waals surface area contributed by atoms with E-state index in [-0.39, 0.29) is 5.91 Å². The van der Waals surface area contributed by atoms with Gasteiger partial charge in [0.05, 0.1) is 0 Å². The van der Waals surface area contributed by atoms with Crippen molar-refractivity contribution in [3.63, 3.8) is 0 Å². The van der Waals surface area contributed by atoms with Crippen LogP contribution in [0.4, 0.5) is 5.69 Å². The molecule has 3 heteroatoms. The lowest BCUT2D eigenvalue weighted by molar-refractivity contribution is -0.118. The normalized spacial score (nSPS) is 13.9. The summed E-state index contributed by atoms with van der Waals surface area (Å²) in [6.07, 6.45) is 3.44. The first-order valence-electron chi connectivity index (χ1n) is 6.38. The van der Waals surface area contributed by atoms with Crippen molar-refractivity contribution < 1.29 is 4.79 Å². The highest BCUT2D eigenvalue weighted by atomic mass is 16.2. The molecule has 0 bridgehead atoms. The van der Waals surface area contributed by atoms with E-state index in [1.165, 1.54) is 11.1 Å². The second kappa shape index (κ2) is 5.32. The molecule has 0 spiro atoms. The van der Waals surface area contributed by atoms with Gasteiger partial charge >= 0.3 is 0 Å². The number of nitrogens with two attached hydrogens (primary N) is 1. The standard InChI is InChI=1S/C14H20N2O/c1-2-3-14(17)16-9-7-12-10-11(6-8-15)4-5-13(12)16/h4-5,10H,2-3,6-9,15H2,1H3. The summed E-state index contributed by atoms with van der Waals surface area (Å²) in [5.41, 5.74) is 9.22. The number of benzene rings is 1. The van der Waals surface area contributed by atoms with E-state index in [0.717, 1.165) is 31.5 Å². The molecule has 0 aliphatic carbocycles. The zero-order valence-electron chi connectivity index (χ0n) is 10.4. The number of carbonyl (C=O) groups is 1. The Hall–Kier alpha value is -1.35. The Balaban J connectivity index is 2.18. The maximum absolute atomic E-state index is 11.9. The van der Waals surface area contributed by atoms with Crippen molar-refractivity contribution in [2.24, 2.45) is 5.73 Å². The summed E-state index contributed by atoms with van der Waals surface area (Å²) in [4.78, 5) is 13.8. The van der Waals surface area contributed by atoms with Crippen LogP contribution in [0.25, 0.3) is 0 Å². The van der Waals surface area contributed by atoms with Gasteiger partial charge in [-0.2, -0.15) is 0 Å². The molecule has 2 N–H and O–H groups in total. The van der Waals surface area contributed by atoms with Crippen molar-refractivity contribution in [2.45, 2.75) is 32.6 Å². The SMILES string of the molecule is CCCC(=O)N1CCc2cc(CCN)ccc21. The Morgan fingerprint density at radius 1 is 1.47 bits per heavy atom. The topological polar surface area (TPSA) is 46.3 Å². The molecule has 1 aromatic carbocycles. The van der Waals surface area contributed by atoms with Gasteiger partial charge in [-0.25, -0.2) is 0 Å². The van der Waals surface area contributed by atoms with E-state index < -0.39 is 0 Å². The van der Waals surface area contributed by atoms with Crippen LogP contribution in [0.1, 0.15) is 30.9 Å². The Kier molecular flexibility index (Phi) is 3.79. The van der Waals surface area contributed by atoms with Gasteiger partial charge in [-0.15, -0.1) is 0 Å². The summed E-state index contributed by atoms with van der Waals surface area (Å²) < 4.78 is 0. The van der Waals surface area contributed by atoms with E-state index in [2.05, 4.69) is 18.2 Å². The number of hydrogen-bond acceptors (Lipinski definition) is 2. The van der Waals surface area contributed by atoms with E-state index >= 15 is 0 Å². The van der Waals surface area contributed by atoms with E-state index in [1.54, 1.807) is 0 Å². The van der Waals surface area contributed by atoms with Gasteiger partial charge < -0.3 is 10.6 Å². The highest BCUT2D eigenvalue weighted by Gasteiger charge is 2.23. The van der Waals surface area contributed by atoms with Crippen LogP contribution >= 0.6 is 0 Å². The highest BCUT2D eigenvalue weighted by Crippen LogP contribution is 2.29. The first-order valence-corrected chi connectivity index (χ1v) is 6.38. The maximum Gasteiger partial charge on any atom is 0.226 e. The molecule has 1 aliphatic rings. The second-order valence-corrected chi connectivity index (χ2v) is 4.55. The minimum atomic E-state index is 0.248. The Labute approximate surface area is 103 Å². The van der Waals surface area contributed by atoms with Crippen molar-refractivity contribution in [1.29, 1.82) is 0 Å². The zero-order valence-corrected chi connectivity index (χ0v) is 10.4. The van der Waals surface area contributed by atoms with Gasteiger partial charge in [0, 0.05) is 18.7 Å². The molecule has 17 heavy (non-hydrogen) atoms. The molecule has 0 fully saturated rings. The van der Waals surface area contributed by atoms with Gasteiger partial charge in [-0.1, -0.05) is 19.1 Å². The summed E-state index contributed by atoms with van der Waals surface area (Å²) in [5, 5.41) is 0. The minimum absolute atomic E-state index is 0.248. The number of hydrogen-bond donors (Lipinski definition) is 1. The van der Waals surface area contributed by atoms with Crippen LogP contribution in [0.2, 0.25) is 0 Å². The molecular formula is C14H20N2O. The number of nitrogens with zero attached hydrogens (tertiary/aromatic N) is 1. The number of anilines is 1. The molecule has 3 nitrogen and oxygen atoms in total. The van der Waals surface area contributed by atoms with Gasteiger partial charge in [0.25, 0.3) is 0 Å². The summed E-state index contributed by atoms with van der Waals surface area (Å²) in [6.45, 7) is 3.55. The summed E-state index contributed by atoms with van der Waals surface area (Å²) >= 11 is 0. The van der Waals surface area contributed by atoms with Crippen LogP contribution in [-0.2, 0) is 17.6 Å². The Morgan fingerprint density at radius 3 is 3.00 bits per heavy atom. The molecular weight excluding hydrogens is 212 g/mol. The van der Waals surface area contributed by atoms with E-state index in [9.17, 15) is 4.79 Å². The van der Waals surface area contributed by atoms with Gasteiger partial charge in [0.2, 0.25) is 5.91 Å². The highest BCUT2D eigenvalue weighted by molar-refractivity contribution is 5.95. The van der Waals surface area contributed by atoms with Crippen molar-refractivity contribution in [1.82, 2.24) is 0 Å². The van der Waals surface area contributed by atoms with Crippen molar-refractivity contribution in [3.05, 3.63) is 29.3 Å². The van der Waals surface area contributed by atoms with Crippen molar-refractivity contribution in [2.75, 3.05) is 18.0 Å². The number of carbonyl (C=O) groups excluding carboxylic acids is 1.